The fourth-order valence-electron chi connectivity index (χ4n) is 5.82. The van der Waals surface area contributed by atoms with Crippen LogP contribution in [-0.2, 0) is 14.4 Å². The van der Waals surface area contributed by atoms with Gasteiger partial charge in [0.2, 0.25) is 11.8 Å². The number of para-hydroxylation sites is 1. The van der Waals surface area contributed by atoms with Gasteiger partial charge in [-0.1, -0.05) is 30.4 Å². The molecule has 6 rings (SSSR count). The fraction of sp³-hybridized carbons (Fsp3) is 0.172. The third kappa shape index (κ3) is 3.80. The molecule has 0 bridgehead atoms. The molecule has 10 nitrogen and oxygen atoms in total. The van der Waals surface area contributed by atoms with Crippen LogP contribution in [0.25, 0.3) is 6.08 Å². The second-order valence-corrected chi connectivity index (χ2v) is 9.58. The van der Waals surface area contributed by atoms with Crippen molar-refractivity contribution in [2.75, 3.05) is 9.80 Å². The first-order valence-electron chi connectivity index (χ1n) is 12.3. The number of imide groups is 1. The number of fused-ring (bicyclic) bond motifs is 5. The van der Waals surface area contributed by atoms with Crippen LogP contribution in [0.5, 0.6) is 5.75 Å². The van der Waals surface area contributed by atoms with Crippen LogP contribution in [0.2, 0.25) is 0 Å². The van der Waals surface area contributed by atoms with Gasteiger partial charge in [0.1, 0.15) is 11.8 Å². The highest BCUT2D eigenvalue weighted by Gasteiger charge is 2.64. The lowest BCUT2D eigenvalue weighted by atomic mass is 9.86. The molecule has 2 fully saturated rings. The topological polar surface area (TPSA) is 127 Å². The van der Waals surface area contributed by atoms with E-state index in [-0.39, 0.29) is 22.9 Å². The summed E-state index contributed by atoms with van der Waals surface area (Å²) in [5, 5.41) is 11.1. The summed E-state index contributed by atoms with van der Waals surface area (Å²) in [5.41, 5.74) is 1.96. The van der Waals surface area contributed by atoms with E-state index in [9.17, 15) is 29.3 Å². The molecule has 39 heavy (non-hydrogen) atoms. The molecule has 0 aliphatic carbocycles. The molecule has 4 atom stereocenters. The van der Waals surface area contributed by atoms with Gasteiger partial charge in [-0.05, 0) is 48.0 Å². The number of hydrogen-bond acceptors (Lipinski definition) is 8. The molecular weight excluding hydrogens is 502 g/mol. The van der Waals surface area contributed by atoms with E-state index < -0.39 is 46.6 Å². The number of rotatable bonds is 5. The highest BCUT2D eigenvalue weighted by Crippen LogP contribution is 2.49. The number of Topliss-reactive ketones (excluding diaryl/α,β-unsaturated/α-hetero) is 1. The van der Waals surface area contributed by atoms with Crippen molar-refractivity contribution in [3.8, 4) is 5.75 Å². The Kier molecular flexibility index (Phi) is 5.60. The Labute approximate surface area is 222 Å². The quantitative estimate of drug-likeness (QED) is 0.123. The molecule has 0 aromatic heterocycles. The lowest BCUT2D eigenvalue weighted by Gasteiger charge is -2.36. The molecule has 3 aliphatic heterocycles. The average Bonchev–Trinajstić information content (AvgIpc) is 3.41. The summed E-state index contributed by atoms with van der Waals surface area (Å²) < 4.78 is 5.08. The third-order valence-electron chi connectivity index (χ3n) is 7.40. The number of amides is 2. The lowest BCUT2D eigenvalue weighted by Crippen LogP contribution is -2.48. The van der Waals surface area contributed by atoms with Gasteiger partial charge in [-0.25, -0.2) is 4.90 Å². The van der Waals surface area contributed by atoms with E-state index in [1.165, 1.54) is 55.5 Å². The first-order valence-corrected chi connectivity index (χ1v) is 12.3. The van der Waals surface area contributed by atoms with Gasteiger partial charge >= 0.3 is 5.97 Å². The normalized spacial score (nSPS) is 22.8. The maximum atomic E-state index is 14.1. The van der Waals surface area contributed by atoms with Crippen molar-refractivity contribution in [2.24, 2.45) is 11.8 Å². The Balaban J connectivity index is 1.42. The van der Waals surface area contributed by atoms with Crippen LogP contribution in [-0.4, -0.2) is 40.6 Å². The van der Waals surface area contributed by atoms with Crippen LogP contribution >= 0.6 is 0 Å². The summed E-state index contributed by atoms with van der Waals surface area (Å²) in [5.74, 6) is -3.36. The number of nitro benzene ring substituents is 1. The molecule has 0 N–H and O–H groups in total. The van der Waals surface area contributed by atoms with Crippen molar-refractivity contribution in [3.05, 3.63) is 100 Å². The predicted molar refractivity (Wildman–Crippen MR) is 140 cm³/mol. The summed E-state index contributed by atoms with van der Waals surface area (Å²) in [6, 6.07) is 17.2. The van der Waals surface area contributed by atoms with Crippen LogP contribution in [0, 0.1) is 22.0 Å². The van der Waals surface area contributed by atoms with Crippen molar-refractivity contribution < 1.29 is 28.8 Å². The summed E-state index contributed by atoms with van der Waals surface area (Å²) in [4.78, 5) is 66.5. The number of anilines is 2. The van der Waals surface area contributed by atoms with Gasteiger partial charge in [0.15, 0.2) is 5.78 Å². The monoisotopic (exact) mass is 523 g/mol. The van der Waals surface area contributed by atoms with Crippen LogP contribution in [0.1, 0.15) is 22.8 Å². The Hall–Kier alpha value is -5.12. The summed E-state index contributed by atoms with van der Waals surface area (Å²) >= 11 is 0. The molecular formula is C29H21N3O7. The van der Waals surface area contributed by atoms with Gasteiger partial charge in [-0.15, -0.1) is 0 Å². The molecule has 3 heterocycles. The molecule has 0 spiro atoms. The van der Waals surface area contributed by atoms with Gasteiger partial charge in [0, 0.05) is 30.3 Å². The Bertz CT molecular complexity index is 1580. The van der Waals surface area contributed by atoms with Crippen molar-refractivity contribution in [1.82, 2.24) is 0 Å². The number of esters is 1. The van der Waals surface area contributed by atoms with Crippen LogP contribution in [0.4, 0.5) is 17.1 Å². The molecule has 3 aromatic carbocycles. The number of hydrogen-bond donors (Lipinski definition) is 0. The molecule has 2 saturated heterocycles. The highest BCUT2D eigenvalue weighted by atomic mass is 16.6. The van der Waals surface area contributed by atoms with Crippen molar-refractivity contribution in [1.29, 1.82) is 0 Å². The maximum absolute atomic E-state index is 14.1. The van der Waals surface area contributed by atoms with Gasteiger partial charge in [0.25, 0.3) is 5.69 Å². The van der Waals surface area contributed by atoms with Gasteiger partial charge in [-0.3, -0.25) is 29.3 Å². The minimum Gasteiger partial charge on any atom is -0.427 e. The number of carbonyl (C=O) groups is 4. The predicted octanol–water partition coefficient (Wildman–Crippen LogP) is 3.79. The molecule has 0 radical (unpaired) electrons. The van der Waals surface area contributed by atoms with Gasteiger partial charge < -0.3 is 9.64 Å². The standard InChI is InChI=1S/C29H21N3O7/c1-16(33)39-21-13-6-18(7-14-21)27(34)26-25-24(23-15-8-17-4-2-3-5-22(17)31(23)26)28(35)30(29(25)36)19-9-11-20(12-10-19)32(37)38/h2-15,23-26H,1H3/t23-,24+,25+,26-/m0/s1. The van der Waals surface area contributed by atoms with Crippen molar-refractivity contribution >= 4 is 46.7 Å². The van der Waals surface area contributed by atoms with E-state index in [0.717, 1.165) is 16.2 Å². The summed E-state index contributed by atoms with van der Waals surface area (Å²) in [6.07, 6.45) is 3.74. The largest absolute Gasteiger partial charge is 0.427 e. The number of ether oxygens (including phenoxy) is 1. The van der Waals surface area contributed by atoms with Crippen LogP contribution in [0.3, 0.4) is 0 Å². The molecule has 3 aromatic rings. The smallest absolute Gasteiger partial charge is 0.308 e. The Morgan fingerprint density at radius 3 is 2.23 bits per heavy atom. The van der Waals surface area contributed by atoms with E-state index in [2.05, 4.69) is 0 Å². The SMILES string of the molecule is CC(=O)Oc1ccc(C(=O)[C@@H]2[C@@H]3C(=O)N(c4ccc([N+](=O)[O-])cc4)C(=O)[C@@H]3[C@@H]3C=Cc4ccccc4N23)cc1. The number of nitro groups is 1. The number of carbonyl (C=O) groups excluding carboxylic acids is 4. The third-order valence-corrected chi connectivity index (χ3v) is 7.40. The second-order valence-electron chi connectivity index (χ2n) is 9.58. The van der Waals surface area contributed by atoms with Crippen LogP contribution < -0.4 is 14.5 Å². The minimum atomic E-state index is -0.981. The molecule has 194 valence electrons. The summed E-state index contributed by atoms with van der Waals surface area (Å²) in [6.45, 7) is 1.28. The number of benzene rings is 3. The molecule has 3 aliphatic rings. The average molecular weight is 524 g/mol. The van der Waals surface area contributed by atoms with E-state index in [1.54, 1.807) is 0 Å². The first-order chi connectivity index (χ1) is 18.8. The zero-order valence-electron chi connectivity index (χ0n) is 20.6. The molecule has 0 saturated carbocycles. The van der Waals surface area contributed by atoms with E-state index in [4.69, 9.17) is 4.74 Å². The fourth-order valence-corrected chi connectivity index (χ4v) is 5.82. The highest BCUT2D eigenvalue weighted by molar-refractivity contribution is 6.25. The van der Waals surface area contributed by atoms with Crippen molar-refractivity contribution in [2.45, 2.75) is 19.0 Å². The Morgan fingerprint density at radius 1 is 0.897 bits per heavy atom. The van der Waals surface area contributed by atoms with E-state index >= 15 is 0 Å². The second kappa shape index (κ2) is 9.02. The Morgan fingerprint density at radius 2 is 1.56 bits per heavy atom. The van der Waals surface area contributed by atoms with Crippen LogP contribution in [0.15, 0.2) is 78.9 Å². The maximum Gasteiger partial charge on any atom is 0.308 e. The lowest BCUT2D eigenvalue weighted by molar-refractivity contribution is -0.384. The zero-order chi connectivity index (χ0) is 27.4. The zero-order valence-corrected chi connectivity index (χ0v) is 20.6. The van der Waals surface area contributed by atoms with E-state index in [1.807, 2.05) is 41.3 Å². The van der Waals surface area contributed by atoms with E-state index in [0.29, 0.717) is 5.56 Å². The molecule has 2 amide bonds. The molecule has 0 unspecified atom stereocenters. The van der Waals surface area contributed by atoms with Gasteiger partial charge in [0.05, 0.1) is 28.5 Å². The number of ketones is 1. The van der Waals surface area contributed by atoms with Gasteiger partial charge in [-0.2, -0.15) is 0 Å². The van der Waals surface area contributed by atoms with Crippen molar-refractivity contribution in [3.63, 3.8) is 0 Å². The first kappa shape index (κ1) is 24.2. The summed E-state index contributed by atoms with van der Waals surface area (Å²) in [7, 11) is 0. The number of nitrogens with zero attached hydrogens (tertiary/aromatic N) is 3. The molecule has 10 heteroatoms. The number of non-ortho nitro benzene ring substituents is 1. The minimum absolute atomic E-state index is 0.165.